The van der Waals surface area contributed by atoms with Crippen LogP contribution in [0, 0.1) is 0 Å². The summed E-state index contributed by atoms with van der Waals surface area (Å²) in [6.07, 6.45) is 3.88. The third-order valence-electron chi connectivity index (χ3n) is 2.04. The molecule has 0 aliphatic rings. The fourth-order valence-electron chi connectivity index (χ4n) is 1.31. The standard InChI is InChI=1S/C11H14ClNOS/c1-3-6-13(15-2)10-4-5-11(12)9(7-10)8-14/h4-5,7-8H,3,6H2,1-2H3. The van der Waals surface area contributed by atoms with E-state index in [9.17, 15) is 4.79 Å². The van der Waals surface area contributed by atoms with Crippen molar-refractivity contribution in [1.29, 1.82) is 0 Å². The van der Waals surface area contributed by atoms with Gasteiger partial charge in [0.25, 0.3) is 0 Å². The number of carbonyl (C=O) groups is 1. The van der Waals surface area contributed by atoms with Gasteiger partial charge in [-0.05, 0) is 24.6 Å². The lowest BCUT2D eigenvalue weighted by atomic mass is 10.2. The summed E-state index contributed by atoms with van der Waals surface area (Å²) < 4.78 is 2.14. The van der Waals surface area contributed by atoms with Crippen LogP contribution >= 0.6 is 23.5 Å². The molecule has 0 bridgehead atoms. The molecule has 0 spiro atoms. The maximum Gasteiger partial charge on any atom is 0.151 e. The average Bonchev–Trinajstić information content (AvgIpc) is 2.27. The highest BCUT2D eigenvalue weighted by atomic mass is 35.5. The van der Waals surface area contributed by atoms with Crippen molar-refractivity contribution in [2.45, 2.75) is 13.3 Å². The van der Waals surface area contributed by atoms with E-state index in [0.717, 1.165) is 24.9 Å². The highest BCUT2D eigenvalue weighted by Crippen LogP contribution is 2.25. The molecule has 0 heterocycles. The minimum atomic E-state index is 0.506. The van der Waals surface area contributed by atoms with Crippen molar-refractivity contribution in [3.05, 3.63) is 28.8 Å². The van der Waals surface area contributed by atoms with Crippen LogP contribution < -0.4 is 4.31 Å². The molecule has 82 valence electrons. The molecule has 0 aliphatic carbocycles. The molecule has 0 amide bonds. The number of rotatable bonds is 5. The topological polar surface area (TPSA) is 20.3 Å². The molecule has 0 saturated heterocycles. The summed E-state index contributed by atoms with van der Waals surface area (Å²) in [5.74, 6) is 0. The fraction of sp³-hybridized carbons (Fsp3) is 0.364. The maximum atomic E-state index is 10.7. The molecule has 0 N–H and O–H groups in total. The number of aldehydes is 1. The van der Waals surface area contributed by atoms with Gasteiger partial charge in [0, 0.05) is 24.1 Å². The molecule has 2 nitrogen and oxygen atoms in total. The third-order valence-corrected chi connectivity index (χ3v) is 3.22. The number of halogens is 1. The normalized spacial score (nSPS) is 10.1. The molecular weight excluding hydrogens is 230 g/mol. The van der Waals surface area contributed by atoms with E-state index >= 15 is 0 Å². The van der Waals surface area contributed by atoms with Crippen molar-refractivity contribution >= 4 is 35.5 Å². The number of hydrogen-bond donors (Lipinski definition) is 0. The first-order chi connectivity index (χ1) is 7.22. The Hall–Kier alpha value is -0.670. The lowest BCUT2D eigenvalue weighted by Crippen LogP contribution is -2.14. The zero-order valence-corrected chi connectivity index (χ0v) is 10.4. The first-order valence-corrected chi connectivity index (χ1v) is 6.35. The smallest absolute Gasteiger partial charge is 0.151 e. The van der Waals surface area contributed by atoms with Crippen molar-refractivity contribution < 1.29 is 4.79 Å². The number of anilines is 1. The Balaban J connectivity index is 2.97. The lowest BCUT2D eigenvalue weighted by molar-refractivity contribution is 0.112. The van der Waals surface area contributed by atoms with E-state index < -0.39 is 0 Å². The second-order valence-electron chi connectivity index (χ2n) is 3.11. The Morgan fingerprint density at radius 2 is 2.27 bits per heavy atom. The van der Waals surface area contributed by atoms with Crippen LogP contribution in [-0.2, 0) is 0 Å². The van der Waals surface area contributed by atoms with Crippen molar-refractivity contribution in [2.75, 3.05) is 17.1 Å². The first kappa shape index (κ1) is 12.4. The highest BCUT2D eigenvalue weighted by Gasteiger charge is 2.06. The van der Waals surface area contributed by atoms with Gasteiger partial charge in [0.15, 0.2) is 6.29 Å². The monoisotopic (exact) mass is 243 g/mol. The van der Waals surface area contributed by atoms with Crippen LogP contribution in [0.4, 0.5) is 5.69 Å². The van der Waals surface area contributed by atoms with Crippen LogP contribution in [0.1, 0.15) is 23.7 Å². The maximum absolute atomic E-state index is 10.7. The lowest BCUT2D eigenvalue weighted by Gasteiger charge is -2.21. The molecule has 0 aliphatic heterocycles. The van der Waals surface area contributed by atoms with Gasteiger partial charge in [0.2, 0.25) is 0 Å². The van der Waals surface area contributed by atoms with E-state index in [1.165, 1.54) is 0 Å². The van der Waals surface area contributed by atoms with Gasteiger partial charge in [-0.3, -0.25) is 4.79 Å². The van der Waals surface area contributed by atoms with Gasteiger partial charge >= 0.3 is 0 Å². The Kier molecular flexibility index (Phi) is 4.99. The van der Waals surface area contributed by atoms with Crippen LogP contribution in [0.25, 0.3) is 0 Å². The minimum absolute atomic E-state index is 0.506. The number of nitrogens with zero attached hydrogens (tertiary/aromatic N) is 1. The van der Waals surface area contributed by atoms with E-state index in [4.69, 9.17) is 11.6 Å². The average molecular weight is 244 g/mol. The van der Waals surface area contributed by atoms with Crippen molar-refractivity contribution in [3.8, 4) is 0 Å². The van der Waals surface area contributed by atoms with Crippen LogP contribution in [0.3, 0.4) is 0 Å². The van der Waals surface area contributed by atoms with Crippen molar-refractivity contribution in [2.24, 2.45) is 0 Å². The molecule has 4 heteroatoms. The summed E-state index contributed by atoms with van der Waals surface area (Å²) in [5.41, 5.74) is 1.57. The summed E-state index contributed by atoms with van der Waals surface area (Å²) in [6.45, 7) is 3.08. The Bertz CT molecular complexity index is 343. The van der Waals surface area contributed by atoms with Crippen LogP contribution in [0.15, 0.2) is 18.2 Å². The van der Waals surface area contributed by atoms with Crippen molar-refractivity contribution in [3.63, 3.8) is 0 Å². The fourth-order valence-corrected chi connectivity index (χ4v) is 2.16. The summed E-state index contributed by atoms with van der Waals surface area (Å²) in [4.78, 5) is 10.7. The molecular formula is C11H14ClNOS. The zero-order chi connectivity index (χ0) is 11.3. The second-order valence-corrected chi connectivity index (χ2v) is 4.32. The molecule has 0 atom stereocenters. The van der Waals surface area contributed by atoms with E-state index in [1.54, 1.807) is 18.0 Å². The van der Waals surface area contributed by atoms with E-state index in [0.29, 0.717) is 10.6 Å². The summed E-state index contributed by atoms with van der Waals surface area (Å²) in [6, 6.07) is 5.52. The molecule has 15 heavy (non-hydrogen) atoms. The van der Waals surface area contributed by atoms with E-state index in [2.05, 4.69) is 11.2 Å². The molecule has 0 unspecified atom stereocenters. The van der Waals surface area contributed by atoms with Crippen LogP contribution in [-0.4, -0.2) is 19.1 Å². The van der Waals surface area contributed by atoms with Gasteiger partial charge < -0.3 is 4.31 Å². The first-order valence-electron chi connectivity index (χ1n) is 4.79. The molecule has 0 aromatic heterocycles. The Morgan fingerprint density at radius 1 is 1.53 bits per heavy atom. The van der Waals surface area contributed by atoms with Gasteiger partial charge in [-0.1, -0.05) is 30.5 Å². The van der Waals surface area contributed by atoms with Gasteiger partial charge in [-0.2, -0.15) is 0 Å². The largest absolute Gasteiger partial charge is 0.316 e. The molecule has 0 radical (unpaired) electrons. The Morgan fingerprint density at radius 3 is 2.80 bits per heavy atom. The molecule has 0 fully saturated rings. The summed E-state index contributed by atoms with van der Waals surface area (Å²) in [5, 5.41) is 0.506. The van der Waals surface area contributed by atoms with Crippen LogP contribution in [0.2, 0.25) is 5.02 Å². The molecule has 1 rings (SSSR count). The quantitative estimate of drug-likeness (QED) is 0.582. The number of carbonyl (C=O) groups excluding carboxylic acids is 1. The predicted octanol–water partition coefficient (Wildman–Crippen LogP) is 3.65. The van der Waals surface area contributed by atoms with Gasteiger partial charge in [0.05, 0.1) is 5.02 Å². The van der Waals surface area contributed by atoms with Crippen LogP contribution in [0.5, 0.6) is 0 Å². The predicted molar refractivity (Wildman–Crippen MR) is 68.0 cm³/mol. The molecule has 1 aromatic rings. The van der Waals surface area contributed by atoms with Gasteiger partial charge in [-0.25, -0.2) is 0 Å². The molecule has 1 aromatic carbocycles. The van der Waals surface area contributed by atoms with Crippen molar-refractivity contribution in [1.82, 2.24) is 0 Å². The van der Waals surface area contributed by atoms with E-state index in [-0.39, 0.29) is 0 Å². The van der Waals surface area contributed by atoms with Gasteiger partial charge in [-0.15, -0.1) is 0 Å². The summed E-state index contributed by atoms with van der Waals surface area (Å²) >= 11 is 7.51. The highest BCUT2D eigenvalue weighted by molar-refractivity contribution is 7.99. The number of benzene rings is 1. The van der Waals surface area contributed by atoms with Gasteiger partial charge in [0.1, 0.15) is 0 Å². The number of hydrogen-bond acceptors (Lipinski definition) is 3. The molecule has 0 saturated carbocycles. The SMILES string of the molecule is CCCN(SC)c1ccc(Cl)c(C=O)c1. The Labute approximate surface area is 99.7 Å². The second kappa shape index (κ2) is 6.03. The summed E-state index contributed by atoms with van der Waals surface area (Å²) in [7, 11) is 0. The third kappa shape index (κ3) is 3.14. The zero-order valence-electron chi connectivity index (χ0n) is 8.87. The van der Waals surface area contributed by atoms with E-state index in [1.807, 2.05) is 18.4 Å². The minimum Gasteiger partial charge on any atom is -0.316 e.